The van der Waals surface area contributed by atoms with Gasteiger partial charge in [-0.2, -0.15) is 8.42 Å². The van der Waals surface area contributed by atoms with Crippen LogP contribution in [0, 0.1) is 0 Å². The Kier molecular flexibility index (Phi) is 6.42. The average molecular weight is 256 g/mol. The van der Waals surface area contributed by atoms with Crippen LogP contribution in [0.15, 0.2) is 29.2 Å². The minimum Gasteiger partial charge on any atom is -0.330 e. The summed E-state index contributed by atoms with van der Waals surface area (Å²) in [6.45, 7) is 0.488. The third-order valence-corrected chi connectivity index (χ3v) is 2.47. The van der Waals surface area contributed by atoms with Crippen molar-refractivity contribution in [3.63, 3.8) is 0 Å². The summed E-state index contributed by atoms with van der Waals surface area (Å²) in [7, 11) is -4.57. The Labute approximate surface area is 92.9 Å². The van der Waals surface area contributed by atoms with Gasteiger partial charge >= 0.3 is 10.2 Å². The summed E-state index contributed by atoms with van der Waals surface area (Å²) in [5.41, 5.74) is 6.19. The predicted molar refractivity (Wildman–Crippen MR) is 55.6 cm³/mol. The molecule has 1 aromatic carbocycles. The third kappa shape index (κ3) is 5.08. The van der Waals surface area contributed by atoms with Gasteiger partial charge in [0.1, 0.15) is 0 Å². The summed E-state index contributed by atoms with van der Waals surface area (Å²) in [5, 5.41) is 0. The summed E-state index contributed by atoms with van der Waals surface area (Å²) in [6, 6.07) is 5.58. The highest BCUT2D eigenvalue weighted by Crippen LogP contribution is 2.12. The van der Waals surface area contributed by atoms with E-state index < -0.39 is 10.2 Å². The van der Waals surface area contributed by atoms with E-state index in [0.29, 0.717) is 13.0 Å². The van der Waals surface area contributed by atoms with Gasteiger partial charge in [0, 0.05) is 0 Å². The molecule has 0 aromatic heterocycles. The second-order valence-electron chi connectivity index (χ2n) is 2.62. The number of hydrogen-bond acceptors (Lipinski definition) is 4. The van der Waals surface area contributed by atoms with Gasteiger partial charge in [0.2, 0.25) is 0 Å². The highest BCUT2D eigenvalue weighted by molar-refractivity contribution is 7.86. The maximum absolute atomic E-state index is 12.4. The number of halogens is 2. The van der Waals surface area contributed by atoms with Crippen LogP contribution < -0.4 is 5.73 Å². The first-order valence-electron chi connectivity index (χ1n) is 3.94. The molecule has 0 atom stereocenters. The monoisotopic (exact) mass is 255 g/mol. The van der Waals surface area contributed by atoms with Crippen molar-refractivity contribution in [3.05, 3.63) is 29.8 Å². The van der Waals surface area contributed by atoms with Crippen molar-refractivity contribution >= 4 is 22.1 Å². The lowest BCUT2D eigenvalue weighted by Crippen LogP contribution is -2.02. The molecule has 15 heavy (non-hydrogen) atoms. The first-order chi connectivity index (χ1) is 7.04. The molecule has 7 heteroatoms. The lowest BCUT2D eigenvalue weighted by Gasteiger charge is -1.98. The maximum Gasteiger partial charge on any atom is 0.332 e. The highest BCUT2D eigenvalue weighted by Gasteiger charge is 2.10. The first-order valence-corrected chi connectivity index (χ1v) is 5.67. The molecule has 0 aliphatic carbocycles. The molecule has 4 nitrogen and oxygen atoms in total. The number of benzene rings is 1. The van der Waals surface area contributed by atoms with Crippen molar-refractivity contribution in [2.75, 3.05) is 6.54 Å². The summed E-state index contributed by atoms with van der Waals surface area (Å²) >= 11 is 3.64. The molecule has 0 unspecified atom stereocenters. The Hall–Kier alpha value is -0.690. The molecular weight excluding hydrogens is 245 g/mol. The SMILES string of the molecule is NCCc1ccc(S(=O)(=O)F)cc1.OCl. The van der Waals surface area contributed by atoms with Gasteiger partial charge in [-0.3, -0.25) is 4.66 Å². The molecule has 0 saturated carbocycles. The minimum absolute atomic E-state index is 0.312. The van der Waals surface area contributed by atoms with Crippen molar-refractivity contribution in [3.8, 4) is 0 Å². The topological polar surface area (TPSA) is 80.4 Å². The Bertz CT molecular complexity index is 379. The molecule has 1 rings (SSSR count). The van der Waals surface area contributed by atoms with E-state index in [4.69, 9.17) is 10.4 Å². The van der Waals surface area contributed by atoms with E-state index in [-0.39, 0.29) is 4.90 Å². The van der Waals surface area contributed by atoms with Gasteiger partial charge in [0.15, 0.2) is 0 Å². The molecular formula is C8H11ClFNO3S. The standard InChI is InChI=1S/C8H10FNO2S.ClHO/c9-13(11,12)8-3-1-7(2-4-8)5-6-10;1-2/h1-4H,5-6,10H2;2H. The highest BCUT2D eigenvalue weighted by atomic mass is 35.5. The zero-order chi connectivity index (χ0) is 11.9. The molecule has 0 aliphatic rings. The van der Waals surface area contributed by atoms with Crippen LogP contribution in [0.25, 0.3) is 0 Å². The Morgan fingerprint density at radius 1 is 1.27 bits per heavy atom. The number of nitrogens with two attached hydrogens (primary N) is 1. The van der Waals surface area contributed by atoms with Crippen LogP contribution in [-0.4, -0.2) is 19.6 Å². The maximum atomic E-state index is 12.4. The van der Waals surface area contributed by atoms with Crippen molar-refractivity contribution in [2.45, 2.75) is 11.3 Å². The van der Waals surface area contributed by atoms with E-state index in [1.54, 1.807) is 12.1 Å². The largest absolute Gasteiger partial charge is 0.332 e. The molecule has 0 saturated heterocycles. The molecule has 0 heterocycles. The van der Waals surface area contributed by atoms with E-state index in [1.165, 1.54) is 12.1 Å². The molecule has 0 amide bonds. The summed E-state index contributed by atoms with van der Waals surface area (Å²) in [4.78, 5) is -0.312. The summed E-state index contributed by atoms with van der Waals surface area (Å²) < 4.78 is 39.7. The quantitative estimate of drug-likeness (QED) is 0.789. The van der Waals surface area contributed by atoms with Gasteiger partial charge in [0.05, 0.1) is 16.8 Å². The third-order valence-electron chi connectivity index (χ3n) is 1.64. The van der Waals surface area contributed by atoms with E-state index in [0.717, 1.165) is 5.56 Å². The molecule has 3 N–H and O–H groups in total. The van der Waals surface area contributed by atoms with E-state index in [1.807, 2.05) is 0 Å². The molecule has 0 bridgehead atoms. The van der Waals surface area contributed by atoms with Crippen LogP contribution in [0.2, 0.25) is 0 Å². The molecule has 0 radical (unpaired) electrons. The second kappa shape index (κ2) is 6.73. The van der Waals surface area contributed by atoms with Crippen LogP contribution in [-0.2, 0) is 16.6 Å². The van der Waals surface area contributed by atoms with Crippen LogP contribution in [0.5, 0.6) is 0 Å². The molecule has 86 valence electrons. The zero-order valence-corrected chi connectivity index (χ0v) is 9.30. The van der Waals surface area contributed by atoms with Crippen molar-refractivity contribution in [2.24, 2.45) is 5.73 Å². The summed E-state index contributed by atoms with van der Waals surface area (Å²) in [5.74, 6) is 0. The fourth-order valence-corrected chi connectivity index (χ4v) is 1.45. The number of rotatable bonds is 3. The Balaban J connectivity index is 0.000000921. The lowest BCUT2D eigenvalue weighted by molar-refractivity contribution is 0.552. The number of hydrogen-bond donors (Lipinski definition) is 2. The van der Waals surface area contributed by atoms with Gasteiger partial charge in [-0.1, -0.05) is 12.1 Å². The Morgan fingerprint density at radius 3 is 2.07 bits per heavy atom. The van der Waals surface area contributed by atoms with Crippen LogP contribution in [0.3, 0.4) is 0 Å². The van der Waals surface area contributed by atoms with E-state index >= 15 is 0 Å². The van der Waals surface area contributed by atoms with Gasteiger partial charge < -0.3 is 5.73 Å². The van der Waals surface area contributed by atoms with Gasteiger partial charge in [0.25, 0.3) is 0 Å². The normalized spacial score (nSPS) is 10.4. The molecule has 0 fully saturated rings. The lowest BCUT2D eigenvalue weighted by atomic mass is 10.2. The van der Waals surface area contributed by atoms with Crippen LogP contribution >= 0.6 is 11.9 Å². The van der Waals surface area contributed by atoms with Crippen molar-refractivity contribution in [1.29, 1.82) is 0 Å². The fraction of sp³-hybridized carbons (Fsp3) is 0.250. The predicted octanol–water partition coefficient (Wildman–Crippen LogP) is 0.978. The molecule has 0 spiro atoms. The zero-order valence-electron chi connectivity index (χ0n) is 7.73. The summed E-state index contributed by atoms with van der Waals surface area (Å²) in [6.07, 6.45) is 0.659. The van der Waals surface area contributed by atoms with Crippen LogP contribution in [0.1, 0.15) is 5.56 Å². The average Bonchev–Trinajstić information content (AvgIpc) is 2.21. The Morgan fingerprint density at radius 2 is 1.73 bits per heavy atom. The van der Waals surface area contributed by atoms with Gasteiger partial charge in [-0.25, -0.2) is 0 Å². The second-order valence-corrected chi connectivity index (χ2v) is 3.97. The minimum atomic E-state index is -4.57. The molecule has 1 aromatic rings. The van der Waals surface area contributed by atoms with E-state index in [9.17, 15) is 12.3 Å². The van der Waals surface area contributed by atoms with Gasteiger partial charge in [-0.15, -0.1) is 3.89 Å². The van der Waals surface area contributed by atoms with E-state index in [2.05, 4.69) is 11.9 Å². The smallest absolute Gasteiger partial charge is 0.330 e. The van der Waals surface area contributed by atoms with Crippen molar-refractivity contribution < 1.29 is 17.0 Å². The fourth-order valence-electron chi connectivity index (χ4n) is 0.985. The van der Waals surface area contributed by atoms with Crippen molar-refractivity contribution in [1.82, 2.24) is 0 Å². The van der Waals surface area contributed by atoms with Gasteiger partial charge in [-0.05, 0) is 30.7 Å². The first kappa shape index (κ1) is 14.3. The molecule has 0 aliphatic heterocycles. The van der Waals surface area contributed by atoms with Crippen LogP contribution in [0.4, 0.5) is 3.89 Å².